The van der Waals surface area contributed by atoms with Crippen LogP contribution in [0.2, 0.25) is 0 Å². The van der Waals surface area contributed by atoms with E-state index in [1.54, 1.807) is 11.8 Å². The van der Waals surface area contributed by atoms with Crippen LogP contribution in [0.25, 0.3) is 0 Å². The molecule has 1 atom stereocenters. The van der Waals surface area contributed by atoms with Gasteiger partial charge in [0.2, 0.25) is 11.8 Å². The van der Waals surface area contributed by atoms with Gasteiger partial charge < -0.3 is 10.1 Å². The number of hydrogen-bond donors (Lipinski definition) is 1. The lowest BCUT2D eigenvalue weighted by Gasteiger charge is -2.24. The van der Waals surface area contributed by atoms with E-state index < -0.39 is 0 Å². The van der Waals surface area contributed by atoms with Gasteiger partial charge >= 0.3 is 0 Å². The monoisotopic (exact) mass is 418 g/mol. The second-order valence-corrected chi connectivity index (χ2v) is 7.98. The highest BCUT2D eigenvalue weighted by molar-refractivity contribution is 8.00. The SMILES string of the molecule is O=C(COCc1ccccc1)Nc1ccc(C2SCC(=O)N2c2ccccc2)cc1. The van der Waals surface area contributed by atoms with Crippen molar-refractivity contribution in [1.82, 2.24) is 0 Å². The molecule has 0 bridgehead atoms. The van der Waals surface area contributed by atoms with E-state index in [0.29, 0.717) is 18.0 Å². The number of nitrogens with zero attached hydrogens (tertiary/aromatic N) is 1. The van der Waals surface area contributed by atoms with Crippen LogP contribution < -0.4 is 10.2 Å². The summed E-state index contributed by atoms with van der Waals surface area (Å²) in [5, 5.41) is 2.78. The molecule has 2 amide bonds. The summed E-state index contributed by atoms with van der Waals surface area (Å²) in [5.41, 5.74) is 3.65. The number of para-hydroxylation sites is 1. The van der Waals surface area contributed by atoms with Crippen LogP contribution in [0, 0.1) is 0 Å². The molecule has 5 nitrogen and oxygen atoms in total. The highest BCUT2D eigenvalue weighted by Crippen LogP contribution is 2.41. The first-order valence-electron chi connectivity index (χ1n) is 9.71. The minimum absolute atomic E-state index is 0.00852. The zero-order valence-electron chi connectivity index (χ0n) is 16.4. The Balaban J connectivity index is 1.34. The van der Waals surface area contributed by atoms with E-state index >= 15 is 0 Å². The lowest BCUT2D eigenvalue weighted by Crippen LogP contribution is -2.27. The number of carbonyl (C=O) groups is 2. The first-order chi connectivity index (χ1) is 14.7. The Morgan fingerprint density at radius 1 is 0.967 bits per heavy atom. The lowest BCUT2D eigenvalue weighted by atomic mass is 10.1. The van der Waals surface area contributed by atoms with Gasteiger partial charge in [-0.05, 0) is 35.4 Å². The maximum absolute atomic E-state index is 12.4. The summed E-state index contributed by atoms with van der Waals surface area (Å²) in [6, 6.07) is 27.1. The Morgan fingerprint density at radius 3 is 2.33 bits per heavy atom. The lowest BCUT2D eigenvalue weighted by molar-refractivity contribution is -0.121. The molecule has 0 radical (unpaired) electrons. The van der Waals surface area contributed by atoms with Gasteiger partial charge in [-0.25, -0.2) is 0 Å². The van der Waals surface area contributed by atoms with Gasteiger partial charge in [-0.15, -0.1) is 11.8 Å². The predicted molar refractivity (Wildman–Crippen MR) is 120 cm³/mol. The van der Waals surface area contributed by atoms with Crippen LogP contribution in [0.1, 0.15) is 16.5 Å². The molecule has 1 aliphatic rings. The maximum atomic E-state index is 12.4. The number of nitrogens with one attached hydrogen (secondary N) is 1. The first kappa shape index (κ1) is 20.2. The van der Waals surface area contributed by atoms with Crippen molar-refractivity contribution in [3.05, 3.63) is 96.1 Å². The molecular weight excluding hydrogens is 396 g/mol. The third kappa shape index (κ3) is 4.90. The van der Waals surface area contributed by atoms with Crippen LogP contribution in [-0.2, 0) is 20.9 Å². The maximum Gasteiger partial charge on any atom is 0.250 e. The second-order valence-electron chi connectivity index (χ2n) is 6.91. The van der Waals surface area contributed by atoms with Crippen LogP contribution in [-0.4, -0.2) is 24.2 Å². The molecule has 30 heavy (non-hydrogen) atoms. The summed E-state index contributed by atoms with van der Waals surface area (Å²) in [5.74, 6) is 0.357. The molecule has 0 spiro atoms. The van der Waals surface area contributed by atoms with Gasteiger partial charge in [-0.3, -0.25) is 14.5 Å². The summed E-state index contributed by atoms with van der Waals surface area (Å²) in [6.45, 7) is 0.390. The van der Waals surface area contributed by atoms with Gasteiger partial charge in [0.25, 0.3) is 0 Å². The minimum atomic E-state index is -0.199. The van der Waals surface area contributed by atoms with Gasteiger partial charge in [-0.2, -0.15) is 0 Å². The van der Waals surface area contributed by atoms with Crippen molar-refractivity contribution in [3.63, 3.8) is 0 Å². The molecule has 3 aromatic carbocycles. The summed E-state index contributed by atoms with van der Waals surface area (Å²) in [7, 11) is 0. The number of anilines is 2. The number of carbonyl (C=O) groups excluding carboxylic acids is 2. The molecule has 4 rings (SSSR count). The van der Waals surface area contributed by atoms with Crippen molar-refractivity contribution >= 4 is 35.0 Å². The molecular formula is C24H22N2O3S. The zero-order valence-corrected chi connectivity index (χ0v) is 17.2. The Bertz CT molecular complexity index is 994. The van der Waals surface area contributed by atoms with Crippen LogP contribution in [0.15, 0.2) is 84.9 Å². The third-order valence-electron chi connectivity index (χ3n) is 4.73. The first-order valence-corrected chi connectivity index (χ1v) is 10.8. The van der Waals surface area contributed by atoms with Crippen molar-refractivity contribution in [1.29, 1.82) is 0 Å². The molecule has 0 aromatic heterocycles. The van der Waals surface area contributed by atoms with Gasteiger partial charge in [0.1, 0.15) is 12.0 Å². The van der Waals surface area contributed by atoms with Crippen molar-refractivity contribution < 1.29 is 14.3 Å². The molecule has 1 saturated heterocycles. The van der Waals surface area contributed by atoms with E-state index in [9.17, 15) is 9.59 Å². The van der Waals surface area contributed by atoms with Gasteiger partial charge in [0, 0.05) is 11.4 Å². The van der Waals surface area contributed by atoms with Crippen LogP contribution in [0.3, 0.4) is 0 Å². The third-order valence-corrected chi connectivity index (χ3v) is 5.94. The standard InChI is InChI=1S/C24H22N2O3S/c27-22(16-29-15-18-7-3-1-4-8-18)25-20-13-11-19(12-14-20)24-26(23(28)17-30-24)21-9-5-2-6-10-21/h1-14,24H,15-17H2,(H,25,27). The molecule has 6 heteroatoms. The fraction of sp³-hybridized carbons (Fsp3) is 0.167. The van der Waals surface area contributed by atoms with E-state index in [2.05, 4.69) is 5.32 Å². The Kier molecular flexibility index (Phi) is 6.47. The van der Waals surface area contributed by atoms with Crippen LogP contribution >= 0.6 is 11.8 Å². The molecule has 1 aliphatic heterocycles. The van der Waals surface area contributed by atoms with E-state index in [1.165, 1.54) is 0 Å². The topological polar surface area (TPSA) is 58.6 Å². The molecule has 152 valence electrons. The Morgan fingerprint density at radius 2 is 1.63 bits per heavy atom. The zero-order chi connectivity index (χ0) is 20.8. The van der Waals surface area contributed by atoms with Crippen LogP contribution in [0.5, 0.6) is 0 Å². The molecule has 0 saturated carbocycles. The fourth-order valence-electron chi connectivity index (χ4n) is 3.30. The highest BCUT2D eigenvalue weighted by Gasteiger charge is 2.33. The van der Waals surface area contributed by atoms with Crippen molar-refractivity contribution in [2.75, 3.05) is 22.6 Å². The Labute approximate surface area is 180 Å². The molecule has 1 fully saturated rings. The summed E-state index contributed by atoms with van der Waals surface area (Å²) >= 11 is 1.60. The number of benzene rings is 3. The summed E-state index contributed by atoms with van der Waals surface area (Å²) < 4.78 is 5.47. The molecule has 1 unspecified atom stereocenters. The van der Waals surface area contributed by atoms with Crippen molar-refractivity contribution in [2.45, 2.75) is 12.0 Å². The van der Waals surface area contributed by atoms with Crippen molar-refractivity contribution in [3.8, 4) is 0 Å². The number of ether oxygens (including phenoxy) is 1. The number of hydrogen-bond acceptors (Lipinski definition) is 4. The minimum Gasteiger partial charge on any atom is -0.367 e. The average molecular weight is 419 g/mol. The Hall–Kier alpha value is -3.09. The predicted octanol–water partition coefficient (Wildman–Crippen LogP) is 4.62. The van der Waals surface area contributed by atoms with E-state index in [1.807, 2.05) is 89.8 Å². The highest BCUT2D eigenvalue weighted by atomic mass is 32.2. The normalized spacial score (nSPS) is 15.9. The summed E-state index contributed by atoms with van der Waals surface area (Å²) in [4.78, 5) is 26.4. The van der Waals surface area contributed by atoms with Crippen LogP contribution in [0.4, 0.5) is 11.4 Å². The fourth-order valence-corrected chi connectivity index (χ4v) is 4.48. The number of amides is 2. The van der Waals surface area contributed by atoms with Crippen molar-refractivity contribution in [2.24, 2.45) is 0 Å². The molecule has 3 aromatic rings. The number of thioether (sulfide) groups is 1. The van der Waals surface area contributed by atoms with E-state index in [4.69, 9.17) is 4.74 Å². The molecule has 1 N–H and O–H groups in total. The average Bonchev–Trinajstić information content (AvgIpc) is 3.17. The van der Waals surface area contributed by atoms with E-state index in [-0.39, 0.29) is 23.8 Å². The second kappa shape index (κ2) is 9.61. The van der Waals surface area contributed by atoms with Gasteiger partial charge in [-0.1, -0.05) is 60.7 Å². The molecule has 1 heterocycles. The summed E-state index contributed by atoms with van der Waals surface area (Å²) in [6.07, 6.45) is 0. The largest absolute Gasteiger partial charge is 0.367 e. The number of rotatable bonds is 7. The van der Waals surface area contributed by atoms with E-state index in [0.717, 1.165) is 16.8 Å². The molecule has 0 aliphatic carbocycles. The smallest absolute Gasteiger partial charge is 0.250 e. The van der Waals surface area contributed by atoms with Gasteiger partial charge in [0.05, 0.1) is 12.4 Å². The van der Waals surface area contributed by atoms with Gasteiger partial charge in [0.15, 0.2) is 0 Å². The quantitative estimate of drug-likeness (QED) is 0.608.